The number of Topliss-reactive ketones (excluding diaryl/α,β-unsaturated/α-hetero) is 3. The topological polar surface area (TPSA) is 112 Å². The first kappa shape index (κ1) is 59.4. The standard InChI is InChI=1S/C28H34O2.C26H34O2.C23H36O2/c1-26-17-18-28(30,15-6-9-20-7-4-3-5-8-20)19-21(26)10-11-22-23-12-13-25(29)27(23,2)16-14-24(22)26;1-24-14-15-26(28,16-18-6-4-3-5-7-18)17-19(24)8-9-20-21-10-11-23(27)25(21,2)13-12-22(20)24;1-15(2)13-23(25)12-11-21(3)16(14-23)5-6-17-18-7-8-20(24)22(18,4)10-9-19(17)21/h3-5,7-8,10,22-24,30H,11-19H2,1-2H3;3-8,20-22,28H,9-17H2,1-2H3;5,15,17-19,25H,6-14H2,1-4H3. The molecule has 18 unspecified atom stereocenters. The molecule has 0 spiro atoms. The molecular weight excluding hydrogens is 1020 g/mol. The summed E-state index contributed by atoms with van der Waals surface area (Å²) >= 11 is 0. The van der Waals surface area contributed by atoms with Crippen LogP contribution in [0.2, 0.25) is 0 Å². The van der Waals surface area contributed by atoms with Crippen LogP contribution in [-0.4, -0.2) is 49.5 Å². The molecule has 18 atom stereocenters. The zero-order chi connectivity index (χ0) is 58.6. The van der Waals surface area contributed by atoms with Crippen molar-refractivity contribution in [3.8, 4) is 11.8 Å². The molecule has 0 saturated heterocycles. The minimum absolute atomic E-state index is 0.0318. The molecule has 0 bridgehead atoms. The molecule has 14 rings (SSSR count). The summed E-state index contributed by atoms with van der Waals surface area (Å²) in [5.74, 6) is 14.4. The maximum atomic E-state index is 12.6. The third kappa shape index (κ3) is 10.3. The number of aliphatic hydroxyl groups is 3. The van der Waals surface area contributed by atoms with E-state index in [0.29, 0.717) is 77.0 Å². The van der Waals surface area contributed by atoms with Gasteiger partial charge in [-0.15, -0.1) is 0 Å². The van der Waals surface area contributed by atoms with Crippen molar-refractivity contribution < 1.29 is 29.7 Å². The molecule has 3 N–H and O–H groups in total. The highest BCUT2D eigenvalue weighted by Gasteiger charge is 2.63. The molecular formula is C77H104O6. The number of carbonyl (C=O) groups is 3. The van der Waals surface area contributed by atoms with Gasteiger partial charge in [-0.25, -0.2) is 0 Å². The first-order chi connectivity index (χ1) is 39.4. The Labute approximate surface area is 500 Å². The van der Waals surface area contributed by atoms with Crippen molar-refractivity contribution in [2.45, 2.75) is 246 Å². The van der Waals surface area contributed by atoms with Gasteiger partial charge in [0.1, 0.15) is 17.3 Å². The van der Waals surface area contributed by atoms with Crippen molar-refractivity contribution in [3.05, 3.63) is 107 Å². The lowest BCUT2D eigenvalue weighted by atomic mass is 9.47. The number of ketones is 3. The fourth-order valence-corrected chi connectivity index (χ4v) is 22.5. The summed E-state index contributed by atoms with van der Waals surface area (Å²) in [7, 11) is 0. The van der Waals surface area contributed by atoms with Gasteiger partial charge in [0.2, 0.25) is 0 Å². The minimum atomic E-state index is -0.702. The van der Waals surface area contributed by atoms with Gasteiger partial charge >= 0.3 is 0 Å². The molecule has 2 aromatic rings. The van der Waals surface area contributed by atoms with Crippen molar-refractivity contribution in [1.82, 2.24) is 0 Å². The second-order valence-electron chi connectivity index (χ2n) is 32.3. The van der Waals surface area contributed by atoms with E-state index in [0.717, 1.165) is 159 Å². The summed E-state index contributed by atoms with van der Waals surface area (Å²) in [5.41, 5.74) is 5.49. The van der Waals surface area contributed by atoms with Gasteiger partial charge in [0.15, 0.2) is 0 Å². The van der Waals surface area contributed by atoms with E-state index in [4.69, 9.17) is 0 Å². The van der Waals surface area contributed by atoms with Crippen LogP contribution < -0.4 is 0 Å². The van der Waals surface area contributed by atoms with E-state index in [1.807, 2.05) is 36.4 Å². The first-order valence-electron chi connectivity index (χ1n) is 33.8. The van der Waals surface area contributed by atoms with Gasteiger partial charge in [0.05, 0.1) is 16.8 Å². The quantitative estimate of drug-likeness (QED) is 0.203. The zero-order valence-corrected chi connectivity index (χ0v) is 52.4. The van der Waals surface area contributed by atoms with Crippen LogP contribution in [0.15, 0.2) is 95.6 Å². The first-order valence-corrected chi connectivity index (χ1v) is 33.8. The third-order valence-corrected chi connectivity index (χ3v) is 27.5. The lowest BCUT2D eigenvalue weighted by Gasteiger charge is -2.58. The smallest absolute Gasteiger partial charge is 0.139 e. The van der Waals surface area contributed by atoms with Gasteiger partial charge in [0.25, 0.3) is 0 Å². The molecule has 12 aliphatic rings. The number of allylic oxidation sites excluding steroid dienone is 3. The van der Waals surface area contributed by atoms with Crippen LogP contribution in [0.3, 0.4) is 0 Å². The molecule has 6 nitrogen and oxygen atoms in total. The van der Waals surface area contributed by atoms with E-state index in [1.54, 1.807) is 0 Å². The summed E-state index contributed by atoms with van der Waals surface area (Å²) in [4.78, 5) is 37.7. The highest BCUT2D eigenvalue weighted by molar-refractivity contribution is 5.88. The predicted octanol–water partition coefficient (Wildman–Crippen LogP) is 16.5. The highest BCUT2D eigenvalue weighted by Crippen LogP contribution is 2.68. The van der Waals surface area contributed by atoms with Crippen LogP contribution in [0.25, 0.3) is 0 Å². The summed E-state index contributed by atoms with van der Waals surface area (Å²) in [6.07, 6.45) is 33.9. The van der Waals surface area contributed by atoms with Crippen molar-refractivity contribution >= 4 is 17.3 Å². The molecule has 83 heavy (non-hydrogen) atoms. The second kappa shape index (κ2) is 21.8. The molecule has 0 aliphatic heterocycles. The number of benzene rings is 2. The minimum Gasteiger partial charge on any atom is -0.390 e. The molecule has 6 heteroatoms. The van der Waals surface area contributed by atoms with Crippen molar-refractivity contribution in [3.63, 3.8) is 0 Å². The molecule has 0 aromatic heterocycles. The van der Waals surface area contributed by atoms with Gasteiger partial charge in [-0.1, -0.05) is 151 Å². The Kier molecular flexibility index (Phi) is 15.6. The number of hydrogen-bond acceptors (Lipinski definition) is 6. The Morgan fingerprint density at radius 1 is 0.446 bits per heavy atom. The molecule has 0 amide bonds. The lowest BCUT2D eigenvalue weighted by Crippen LogP contribution is -2.52. The normalized spacial score (nSPS) is 45.4. The summed E-state index contributed by atoms with van der Waals surface area (Å²) in [6, 6.07) is 20.5. The van der Waals surface area contributed by atoms with Crippen LogP contribution in [0.4, 0.5) is 0 Å². The summed E-state index contributed by atoms with van der Waals surface area (Å²) in [6.45, 7) is 18.6. The molecule has 12 aliphatic carbocycles. The molecule has 9 saturated carbocycles. The third-order valence-electron chi connectivity index (χ3n) is 27.5. The number of fused-ring (bicyclic) bond motifs is 15. The Morgan fingerprint density at radius 3 is 1.23 bits per heavy atom. The average Bonchev–Trinajstić information content (AvgIpc) is 3.47. The van der Waals surface area contributed by atoms with Crippen molar-refractivity contribution in [2.75, 3.05) is 0 Å². The lowest BCUT2D eigenvalue weighted by molar-refractivity contribution is -0.133. The maximum Gasteiger partial charge on any atom is 0.139 e. The fourth-order valence-electron chi connectivity index (χ4n) is 22.5. The average molecular weight is 1130 g/mol. The fraction of sp³-hybridized carbons (Fsp3) is 0.701. The van der Waals surface area contributed by atoms with Gasteiger partial charge in [-0.2, -0.15) is 0 Å². The monoisotopic (exact) mass is 1120 g/mol. The molecule has 448 valence electrons. The van der Waals surface area contributed by atoms with E-state index in [1.165, 1.54) is 41.5 Å². The number of hydrogen-bond donors (Lipinski definition) is 3. The van der Waals surface area contributed by atoms with Gasteiger partial charge in [0, 0.05) is 53.9 Å². The zero-order valence-electron chi connectivity index (χ0n) is 52.4. The second-order valence-corrected chi connectivity index (χ2v) is 32.3. The van der Waals surface area contributed by atoms with E-state index in [-0.39, 0.29) is 32.5 Å². The maximum absolute atomic E-state index is 12.6. The predicted molar refractivity (Wildman–Crippen MR) is 333 cm³/mol. The van der Waals surface area contributed by atoms with Crippen LogP contribution in [0.1, 0.15) is 233 Å². The molecule has 0 radical (unpaired) electrons. The van der Waals surface area contributed by atoms with Crippen LogP contribution >= 0.6 is 0 Å². The number of rotatable bonds is 5. The molecule has 0 heterocycles. The Hall–Kier alpha value is -3.89. The van der Waals surface area contributed by atoms with Gasteiger partial charge in [-0.05, 0) is 234 Å². The SMILES string of the molecule is CC(C)CC1(O)CCC2(C)C(=CCC3C4CCC(=O)C4(C)CCC32)C1.CC12CCC3C(CC=C4CC(O)(CC#Cc5ccccc5)CCC43C)C1CCC2=O.CC12CCC3C(CC=C4CC(O)(Cc5ccccc5)CCC43C)C1CCC2=O. The Balaban J connectivity index is 0.000000123. The summed E-state index contributed by atoms with van der Waals surface area (Å²) < 4.78 is 0. The van der Waals surface area contributed by atoms with E-state index < -0.39 is 16.8 Å². The number of carbonyl (C=O) groups excluding carboxylic acids is 3. The Morgan fingerprint density at radius 2 is 0.807 bits per heavy atom. The van der Waals surface area contributed by atoms with Crippen molar-refractivity contribution in [2.24, 2.45) is 91.7 Å². The molecule has 2 aromatic carbocycles. The summed E-state index contributed by atoms with van der Waals surface area (Å²) in [5, 5.41) is 33.9. The van der Waals surface area contributed by atoms with Gasteiger partial charge in [-0.3, -0.25) is 14.4 Å². The molecule has 9 fully saturated rings. The highest BCUT2D eigenvalue weighted by atomic mass is 16.3. The van der Waals surface area contributed by atoms with Crippen molar-refractivity contribution in [1.29, 1.82) is 0 Å². The van der Waals surface area contributed by atoms with Gasteiger partial charge < -0.3 is 15.3 Å². The van der Waals surface area contributed by atoms with E-state index in [2.05, 4.69) is 110 Å². The Bertz CT molecular complexity index is 2980. The van der Waals surface area contributed by atoms with E-state index in [9.17, 15) is 29.7 Å². The van der Waals surface area contributed by atoms with E-state index >= 15 is 0 Å². The van der Waals surface area contributed by atoms with Crippen LogP contribution in [0.5, 0.6) is 0 Å². The van der Waals surface area contributed by atoms with Crippen LogP contribution in [-0.2, 0) is 20.8 Å². The largest absolute Gasteiger partial charge is 0.390 e. The van der Waals surface area contributed by atoms with Crippen LogP contribution in [0, 0.1) is 104 Å².